The van der Waals surface area contributed by atoms with Crippen molar-refractivity contribution in [3.8, 4) is 0 Å². The molecule has 90 valence electrons. The van der Waals surface area contributed by atoms with E-state index in [0.717, 1.165) is 12.5 Å². The molecule has 0 saturated carbocycles. The maximum atomic E-state index is 3.61. The van der Waals surface area contributed by atoms with Crippen molar-refractivity contribution >= 4 is 0 Å². The molecule has 1 heterocycles. The summed E-state index contributed by atoms with van der Waals surface area (Å²) in [4.78, 5) is 2.60. The van der Waals surface area contributed by atoms with Crippen LogP contribution in [0.15, 0.2) is 0 Å². The Bertz CT molecular complexity index is 198. The van der Waals surface area contributed by atoms with Crippen LogP contribution in [0.5, 0.6) is 0 Å². The highest BCUT2D eigenvalue weighted by Crippen LogP contribution is 2.24. The van der Waals surface area contributed by atoms with E-state index in [-0.39, 0.29) is 5.54 Å². The normalized spacial score (nSPS) is 24.8. The van der Waals surface area contributed by atoms with Crippen molar-refractivity contribution in [2.75, 3.05) is 19.6 Å². The average Bonchev–Trinajstić information content (AvgIpc) is 2.45. The lowest BCUT2D eigenvalue weighted by molar-refractivity contribution is 0.167. The van der Waals surface area contributed by atoms with Gasteiger partial charge >= 0.3 is 0 Å². The lowest BCUT2D eigenvalue weighted by Gasteiger charge is -2.32. The molecule has 2 nitrogen and oxygen atoms in total. The topological polar surface area (TPSA) is 15.3 Å². The van der Waals surface area contributed by atoms with Crippen LogP contribution >= 0.6 is 0 Å². The van der Waals surface area contributed by atoms with Crippen LogP contribution in [0.2, 0.25) is 0 Å². The van der Waals surface area contributed by atoms with E-state index in [9.17, 15) is 0 Å². The number of likely N-dealkylation sites (tertiary alicyclic amines) is 1. The highest BCUT2D eigenvalue weighted by Gasteiger charge is 2.30. The van der Waals surface area contributed by atoms with Gasteiger partial charge in [-0.3, -0.25) is 4.90 Å². The molecule has 1 saturated heterocycles. The Morgan fingerprint density at radius 3 is 2.13 bits per heavy atom. The third-order valence-corrected chi connectivity index (χ3v) is 3.16. The zero-order chi connectivity index (χ0) is 11.7. The molecule has 0 unspecified atom stereocenters. The molecule has 1 atom stereocenters. The van der Waals surface area contributed by atoms with Crippen LogP contribution in [0.1, 0.15) is 48.0 Å². The van der Waals surface area contributed by atoms with Crippen molar-refractivity contribution in [3.05, 3.63) is 0 Å². The van der Waals surface area contributed by atoms with E-state index in [1.807, 2.05) is 0 Å². The number of rotatable bonds is 2. The zero-order valence-electron chi connectivity index (χ0n) is 11.4. The second kappa shape index (κ2) is 4.42. The maximum absolute atomic E-state index is 3.61. The highest BCUT2D eigenvalue weighted by molar-refractivity contribution is 4.86. The second-order valence-electron chi connectivity index (χ2n) is 6.90. The van der Waals surface area contributed by atoms with Crippen LogP contribution < -0.4 is 5.32 Å². The lowest BCUT2D eigenvalue weighted by atomic mass is 10.0. The minimum atomic E-state index is 0.259. The molecule has 0 aromatic carbocycles. The fourth-order valence-corrected chi connectivity index (χ4v) is 2.06. The molecule has 0 radical (unpaired) electrons. The van der Waals surface area contributed by atoms with Gasteiger partial charge in [0.1, 0.15) is 0 Å². The summed E-state index contributed by atoms with van der Waals surface area (Å²) in [5, 5.41) is 3.61. The van der Waals surface area contributed by atoms with Crippen molar-refractivity contribution in [2.24, 2.45) is 5.92 Å². The summed E-state index contributed by atoms with van der Waals surface area (Å²) in [6, 6.07) is 0. The minimum absolute atomic E-state index is 0.259. The summed E-state index contributed by atoms with van der Waals surface area (Å²) in [5.41, 5.74) is 0.603. The Hall–Kier alpha value is -0.0800. The third-order valence-electron chi connectivity index (χ3n) is 3.16. The van der Waals surface area contributed by atoms with Crippen LogP contribution in [0, 0.1) is 5.92 Å². The van der Waals surface area contributed by atoms with Gasteiger partial charge in [-0.25, -0.2) is 0 Å². The second-order valence-corrected chi connectivity index (χ2v) is 6.90. The molecule has 1 aliphatic heterocycles. The van der Waals surface area contributed by atoms with E-state index in [4.69, 9.17) is 0 Å². The monoisotopic (exact) mass is 212 g/mol. The zero-order valence-corrected chi connectivity index (χ0v) is 11.4. The molecule has 15 heavy (non-hydrogen) atoms. The Morgan fingerprint density at radius 2 is 1.73 bits per heavy atom. The van der Waals surface area contributed by atoms with Gasteiger partial charge in [0.05, 0.1) is 0 Å². The van der Waals surface area contributed by atoms with Crippen LogP contribution in [0.25, 0.3) is 0 Å². The SMILES string of the molecule is CC(C)(C)NC[C@@H]1CCN(C(C)(C)C)C1. The average molecular weight is 212 g/mol. The molecule has 0 amide bonds. The molecule has 1 aliphatic rings. The van der Waals surface area contributed by atoms with Crippen LogP contribution in [0.3, 0.4) is 0 Å². The minimum Gasteiger partial charge on any atom is -0.312 e. The van der Waals surface area contributed by atoms with Crippen LogP contribution in [0.4, 0.5) is 0 Å². The van der Waals surface area contributed by atoms with Gasteiger partial charge in [0.25, 0.3) is 0 Å². The molecule has 0 spiro atoms. The summed E-state index contributed by atoms with van der Waals surface area (Å²) >= 11 is 0. The Kier molecular flexibility index (Phi) is 3.83. The standard InChI is InChI=1S/C13H28N2/c1-12(2,3)14-9-11-7-8-15(10-11)13(4,5)6/h11,14H,7-10H2,1-6H3/t11-/m0/s1. The van der Waals surface area contributed by atoms with Crippen molar-refractivity contribution in [3.63, 3.8) is 0 Å². The first-order chi connectivity index (χ1) is 6.68. The molecular weight excluding hydrogens is 184 g/mol. The molecule has 0 aliphatic carbocycles. The molecule has 1 fully saturated rings. The Morgan fingerprint density at radius 1 is 1.13 bits per heavy atom. The van der Waals surface area contributed by atoms with Gasteiger partial charge in [-0.1, -0.05) is 0 Å². The predicted molar refractivity (Wildman–Crippen MR) is 67.2 cm³/mol. The third kappa shape index (κ3) is 4.52. The van der Waals surface area contributed by atoms with Crippen molar-refractivity contribution in [1.29, 1.82) is 0 Å². The Labute approximate surface area is 95.4 Å². The first kappa shape index (κ1) is 13.0. The molecule has 0 aromatic rings. The summed E-state index contributed by atoms with van der Waals surface area (Å²) in [6.07, 6.45) is 1.35. The van der Waals surface area contributed by atoms with E-state index in [2.05, 4.69) is 51.8 Å². The molecule has 0 aromatic heterocycles. The molecule has 1 N–H and O–H groups in total. The number of nitrogens with one attached hydrogen (secondary N) is 1. The number of hydrogen-bond acceptors (Lipinski definition) is 2. The van der Waals surface area contributed by atoms with Gasteiger partial charge in [0.15, 0.2) is 0 Å². The highest BCUT2D eigenvalue weighted by atomic mass is 15.2. The van der Waals surface area contributed by atoms with Crippen LogP contribution in [-0.4, -0.2) is 35.6 Å². The van der Waals surface area contributed by atoms with Gasteiger partial charge < -0.3 is 5.32 Å². The summed E-state index contributed by atoms with van der Waals surface area (Å²) in [7, 11) is 0. The number of hydrogen-bond donors (Lipinski definition) is 1. The molecule has 0 bridgehead atoms. The van der Waals surface area contributed by atoms with E-state index >= 15 is 0 Å². The first-order valence-corrected chi connectivity index (χ1v) is 6.18. The predicted octanol–water partition coefficient (Wildman–Crippen LogP) is 2.49. The van der Waals surface area contributed by atoms with Gasteiger partial charge in [-0.05, 0) is 67.0 Å². The van der Waals surface area contributed by atoms with E-state index in [0.29, 0.717) is 5.54 Å². The number of nitrogens with zero attached hydrogens (tertiary/aromatic N) is 1. The lowest BCUT2D eigenvalue weighted by Crippen LogP contribution is -2.42. The van der Waals surface area contributed by atoms with E-state index in [1.165, 1.54) is 19.5 Å². The van der Waals surface area contributed by atoms with Crippen molar-refractivity contribution in [2.45, 2.75) is 59.0 Å². The van der Waals surface area contributed by atoms with Gasteiger partial charge in [-0.15, -0.1) is 0 Å². The molecular formula is C13H28N2. The molecule has 2 heteroatoms. The van der Waals surface area contributed by atoms with Gasteiger partial charge in [0, 0.05) is 17.6 Å². The smallest absolute Gasteiger partial charge is 0.0125 e. The van der Waals surface area contributed by atoms with Crippen LogP contribution in [-0.2, 0) is 0 Å². The fourth-order valence-electron chi connectivity index (χ4n) is 2.06. The first-order valence-electron chi connectivity index (χ1n) is 6.18. The van der Waals surface area contributed by atoms with Crippen molar-refractivity contribution in [1.82, 2.24) is 10.2 Å². The quantitative estimate of drug-likeness (QED) is 0.756. The largest absolute Gasteiger partial charge is 0.312 e. The van der Waals surface area contributed by atoms with E-state index < -0.39 is 0 Å². The summed E-state index contributed by atoms with van der Waals surface area (Å²) in [5.74, 6) is 0.837. The summed E-state index contributed by atoms with van der Waals surface area (Å²) < 4.78 is 0. The Balaban J connectivity index is 2.31. The van der Waals surface area contributed by atoms with Crippen molar-refractivity contribution < 1.29 is 0 Å². The molecule has 1 rings (SSSR count). The van der Waals surface area contributed by atoms with Gasteiger partial charge in [-0.2, -0.15) is 0 Å². The summed E-state index contributed by atoms with van der Waals surface area (Å²) in [6.45, 7) is 17.3. The maximum Gasteiger partial charge on any atom is 0.0125 e. The van der Waals surface area contributed by atoms with Gasteiger partial charge in [0.2, 0.25) is 0 Å². The fraction of sp³-hybridized carbons (Fsp3) is 1.00. The van der Waals surface area contributed by atoms with E-state index in [1.54, 1.807) is 0 Å².